The Morgan fingerprint density at radius 2 is 1.89 bits per heavy atom. The van der Waals surface area contributed by atoms with Gasteiger partial charge in [0, 0.05) is 6.07 Å². The summed E-state index contributed by atoms with van der Waals surface area (Å²) in [6.07, 6.45) is -4.66. The van der Waals surface area contributed by atoms with Crippen LogP contribution in [0.2, 0.25) is 0 Å². The number of carbonyl (C=O) groups excluding carboxylic acids is 1. The third-order valence-corrected chi connectivity index (χ3v) is 4.06. The predicted molar refractivity (Wildman–Crippen MR) is 92.2 cm³/mol. The first-order valence-corrected chi connectivity index (χ1v) is 8.34. The van der Waals surface area contributed by atoms with Crippen LogP contribution in [-0.4, -0.2) is 17.7 Å². The van der Waals surface area contributed by atoms with E-state index in [0.717, 1.165) is 18.2 Å². The largest absolute Gasteiger partial charge is 0.508 e. The second kappa shape index (κ2) is 7.06. The standard InChI is InChI=1S/C19H15F3O6/c1-3-9-7-10-14(8-11(9)23)28-17(19(20,21)22)15(16(10)24)12-5-6-13(27-12)18(25)26-4-2/h5-8,23H,3-4H2,1-2H3. The number of alkyl halides is 3. The summed E-state index contributed by atoms with van der Waals surface area (Å²) in [5.74, 6) is -3.55. The van der Waals surface area contributed by atoms with Crippen LogP contribution in [0.1, 0.15) is 35.7 Å². The third-order valence-electron chi connectivity index (χ3n) is 4.06. The lowest BCUT2D eigenvalue weighted by atomic mass is 10.0. The van der Waals surface area contributed by atoms with Crippen molar-refractivity contribution in [1.82, 2.24) is 0 Å². The fourth-order valence-electron chi connectivity index (χ4n) is 2.77. The smallest absolute Gasteiger partial charge is 0.450 e. The molecule has 2 heterocycles. The summed E-state index contributed by atoms with van der Waals surface area (Å²) < 4.78 is 55.4. The summed E-state index contributed by atoms with van der Waals surface area (Å²) in [7, 11) is 0. The average molecular weight is 396 g/mol. The molecule has 0 bridgehead atoms. The van der Waals surface area contributed by atoms with Gasteiger partial charge in [0.05, 0.1) is 12.0 Å². The Hall–Kier alpha value is -3.23. The van der Waals surface area contributed by atoms with Crippen molar-refractivity contribution in [2.45, 2.75) is 26.4 Å². The first-order chi connectivity index (χ1) is 13.2. The van der Waals surface area contributed by atoms with E-state index in [1.54, 1.807) is 13.8 Å². The lowest BCUT2D eigenvalue weighted by Gasteiger charge is -2.12. The number of carbonyl (C=O) groups is 1. The van der Waals surface area contributed by atoms with E-state index in [9.17, 15) is 27.9 Å². The minimum absolute atomic E-state index is 0.0457. The van der Waals surface area contributed by atoms with E-state index in [2.05, 4.69) is 0 Å². The first-order valence-electron chi connectivity index (χ1n) is 8.34. The zero-order chi connectivity index (χ0) is 20.6. The Morgan fingerprint density at radius 3 is 2.50 bits per heavy atom. The topological polar surface area (TPSA) is 89.9 Å². The van der Waals surface area contributed by atoms with Crippen LogP contribution in [-0.2, 0) is 17.3 Å². The molecule has 9 heteroatoms. The maximum atomic E-state index is 13.5. The highest BCUT2D eigenvalue weighted by Crippen LogP contribution is 2.38. The Morgan fingerprint density at radius 1 is 1.18 bits per heavy atom. The van der Waals surface area contributed by atoms with Gasteiger partial charge in [-0.25, -0.2) is 4.79 Å². The van der Waals surface area contributed by atoms with Gasteiger partial charge in [0.15, 0.2) is 0 Å². The maximum absolute atomic E-state index is 13.5. The van der Waals surface area contributed by atoms with Crippen LogP contribution >= 0.6 is 0 Å². The zero-order valence-electron chi connectivity index (χ0n) is 14.8. The first kappa shape index (κ1) is 19.5. The monoisotopic (exact) mass is 396 g/mol. The van der Waals surface area contributed by atoms with Crippen molar-refractivity contribution in [3.8, 4) is 17.1 Å². The molecule has 2 aromatic heterocycles. The molecule has 0 aliphatic carbocycles. The zero-order valence-corrected chi connectivity index (χ0v) is 14.8. The average Bonchev–Trinajstić information content (AvgIpc) is 3.10. The van der Waals surface area contributed by atoms with Crippen molar-refractivity contribution in [2.75, 3.05) is 6.61 Å². The number of halogens is 3. The molecule has 0 radical (unpaired) electrons. The SMILES string of the molecule is CCOC(=O)c1ccc(-c2c(C(F)(F)F)oc3cc(O)c(CC)cc3c2=O)o1. The Labute approximate surface area is 156 Å². The lowest BCUT2D eigenvalue weighted by molar-refractivity contribution is -0.152. The molecule has 28 heavy (non-hydrogen) atoms. The van der Waals surface area contributed by atoms with E-state index in [4.69, 9.17) is 13.6 Å². The number of rotatable bonds is 4. The number of esters is 1. The molecule has 148 valence electrons. The van der Waals surface area contributed by atoms with E-state index in [0.29, 0.717) is 12.0 Å². The Kier molecular flexibility index (Phi) is 4.93. The predicted octanol–water partition coefficient (Wildman–Crippen LogP) is 4.52. The van der Waals surface area contributed by atoms with Gasteiger partial charge in [-0.3, -0.25) is 4.79 Å². The normalized spacial score (nSPS) is 11.8. The summed E-state index contributed by atoms with van der Waals surface area (Å²) in [4.78, 5) is 24.6. The van der Waals surface area contributed by atoms with Crippen molar-refractivity contribution >= 4 is 16.9 Å². The van der Waals surface area contributed by atoms with E-state index >= 15 is 0 Å². The maximum Gasteiger partial charge on any atom is 0.450 e. The number of phenols is 1. The number of aryl methyl sites for hydroxylation is 1. The van der Waals surface area contributed by atoms with Crippen LogP contribution < -0.4 is 5.43 Å². The van der Waals surface area contributed by atoms with Gasteiger partial charge in [0.1, 0.15) is 22.7 Å². The highest BCUT2D eigenvalue weighted by atomic mass is 19.4. The van der Waals surface area contributed by atoms with E-state index in [-0.39, 0.29) is 23.5 Å². The van der Waals surface area contributed by atoms with Crippen molar-refractivity contribution < 1.29 is 36.6 Å². The summed E-state index contributed by atoms with van der Waals surface area (Å²) in [6.45, 7) is 3.32. The van der Waals surface area contributed by atoms with E-state index in [1.165, 1.54) is 6.07 Å². The fourth-order valence-corrected chi connectivity index (χ4v) is 2.77. The molecule has 0 atom stereocenters. The highest BCUT2D eigenvalue weighted by Gasteiger charge is 2.40. The number of benzene rings is 1. The van der Waals surface area contributed by atoms with Crippen molar-refractivity contribution in [3.63, 3.8) is 0 Å². The molecule has 0 saturated heterocycles. The van der Waals surface area contributed by atoms with Crippen LogP contribution in [0.4, 0.5) is 13.2 Å². The fraction of sp³-hybridized carbons (Fsp3) is 0.263. The molecule has 0 fully saturated rings. The molecule has 3 aromatic rings. The number of phenolic OH excluding ortho intramolecular Hbond substituents is 1. The molecule has 0 unspecified atom stereocenters. The van der Waals surface area contributed by atoms with Crippen LogP contribution in [0, 0.1) is 0 Å². The number of aromatic hydroxyl groups is 1. The third kappa shape index (κ3) is 3.35. The van der Waals surface area contributed by atoms with Gasteiger partial charge < -0.3 is 18.7 Å². The van der Waals surface area contributed by atoms with Gasteiger partial charge in [-0.05, 0) is 37.1 Å². The number of hydrogen-bond acceptors (Lipinski definition) is 6. The summed E-state index contributed by atoms with van der Waals surface area (Å²) >= 11 is 0. The highest BCUT2D eigenvalue weighted by molar-refractivity contribution is 5.88. The molecular weight excluding hydrogens is 381 g/mol. The minimum atomic E-state index is -5.02. The van der Waals surface area contributed by atoms with Gasteiger partial charge in [-0.1, -0.05) is 6.92 Å². The molecule has 1 N–H and O–H groups in total. The van der Waals surface area contributed by atoms with Gasteiger partial charge >= 0.3 is 12.1 Å². The quantitative estimate of drug-likeness (QED) is 0.653. The molecule has 3 rings (SSSR count). The van der Waals surface area contributed by atoms with E-state index < -0.39 is 40.2 Å². The number of fused-ring (bicyclic) bond motifs is 1. The molecule has 1 aromatic carbocycles. The van der Waals surface area contributed by atoms with Crippen molar-refractivity contribution in [3.05, 3.63) is 51.6 Å². The Bertz CT molecular complexity index is 1110. The summed E-state index contributed by atoms with van der Waals surface area (Å²) in [5, 5.41) is 9.73. The van der Waals surface area contributed by atoms with Crippen LogP contribution in [0.25, 0.3) is 22.3 Å². The second-order valence-corrected chi connectivity index (χ2v) is 5.85. The number of furan rings is 1. The molecule has 0 aliphatic rings. The van der Waals surface area contributed by atoms with Crippen molar-refractivity contribution in [2.24, 2.45) is 0 Å². The summed E-state index contributed by atoms with van der Waals surface area (Å²) in [5.41, 5.74) is -1.89. The van der Waals surface area contributed by atoms with Crippen LogP contribution in [0.15, 0.2) is 37.9 Å². The van der Waals surface area contributed by atoms with Crippen molar-refractivity contribution in [1.29, 1.82) is 0 Å². The number of ether oxygens (including phenoxy) is 1. The van der Waals surface area contributed by atoms with Gasteiger partial charge in [-0.2, -0.15) is 13.2 Å². The molecular formula is C19H15F3O6. The van der Waals surface area contributed by atoms with Gasteiger partial charge in [0.25, 0.3) is 0 Å². The molecule has 0 amide bonds. The molecule has 6 nitrogen and oxygen atoms in total. The van der Waals surface area contributed by atoms with Crippen LogP contribution in [0.3, 0.4) is 0 Å². The Balaban J connectivity index is 2.31. The van der Waals surface area contributed by atoms with Crippen LogP contribution in [0.5, 0.6) is 5.75 Å². The minimum Gasteiger partial charge on any atom is -0.508 e. The number of hydrogen-bond donors (Lipinski definition) is 1. The van der Waals surface area contributed by atoms with Gasteiger partial charge in [-0.15, -0.1) is 0 Å². The van der Waals surface area contributed by atoms with Gasteiger partial charge in [0.2, 0.25) is 16.9 Å². The molecule has 0 aliphatic heterocycles. The summed E-state index contributed by atoms with van der Waals surface area (Å²) in [6, 6.07) is 4.43. The molecule has 0 spiro atoms. The molecule has 0 saturated carbocycles. The second-order valence-electron chi connectivity index (χ2n) is 5.85. The lowest BCUT2D eigenvalue weighted by Crippen LogP contribution is -2.16. The van der Waals surface area contributed by atoms with E-state index in [1.807, 2.05) is 0 Å².